The second kappa shape index (κ2) is 15.0. The highest BCUT2D eigenvalue weighted by Gasteiger charge is 2.37. The molecule has 2 aromatic rings. The molecule has 0 unspecified atom stereocenters. The molecule has 0 radical (unpaired) electrons. The van der Waals surface area contributed by atoms with Crippen LogP contribution in [-0.2, 0) is 19.1 Å². The fourth-order valence-electron chi connectivity index (χ4n) is 5.81. The molecule has 0 aliphatic carbocycles. The molecule has 42 heavy (non-hydrogen) atoms. The third-order valence-electron chi connectivity index (χ3n) is 7.94. The van der Waals surface area contributed by atoms with Crippen molar-refractivity contribution in [1.29, 1.82) is 0 Å². The largest absolute Gasteiger partial charge is 0.493 e. The van der Waals surface area contributed by atoms with Crippen LogP contribution in [0.1, 0.15) is 31.2 Å². The highest BCUT2D eigenvalue weighted by atomic mass is 35.5. The van der Waals surface area contributed by atoms with Gasteiger partial charge in [0.05, 0.1) is 44.7 Å². The molecule has 0 aromatic heterocycles. The number of methoxy groups -OCH3 is 2. The maximum atomic E-state index is 12.0. The number of hydrogen-bond acceptors (Lipinski definition) is 10. The molecule has 2 fully saturated rings. The molecule has 4 rings (SSSR count). The maximum absolute atomic E-state index is 12.0. The first kappa shape index (κ1) is 32.0. The molecule has 4 atom stereocenters. The Morgan fingerprint density at radius 3 is 1.81 bits per heavy atom. The normalized spacial score (nSPS) is 22.7. The van der Waals surface area contributed by atoms with Gasteiger partial charge in [0.2, 0.25) is 0 Å². The van der Waals surface area contributed by atoms with E-state index in [1.54, 1.807) is 0 Å². The lowest BCUT2D eigenvalue weighted by molar-refractivity contribution is -0.146. The predicted molar refractivity (Wildman–Crippen MR) is 158 cm³/mol. The Bertz CT molecular complexity index is 1130. The zero-order valence-electron chi connectivity index (χ0n) is 24.5. The quantitative estimate of drug-likeness (QED) is 0.261. The Morgan fingerprint density at radius 1 is 0.810 bits per heavy atom. The number of benzene rings is 2. The summed E-state index contributed by atoms with van der Waals surface area (Å²) >= 11 is 6.80. The van der Waals surface area contributed by atoms with Crippen molar-refractivity contribution >= 4 is 23.5 Å². The summed E-state index contributed by atoms with van der Waals surface area (Å²) in [6.07, 6.45) is 1.03. The highest BCUT2D eigenvalue weighted by molar-refractivity contribution is 6.34. The molecule has 0 spiro atoms. The Hall–Kier alpha value is -2.89. The Kier molecular flexibility index (Phi) is 11.5. The van der Waals surface area contributed by atoms with E-state index in [1.165, 1.54) is 14.2 Å². The van der Waals surface area contributed by atoms with Crippen LogP contribution < -0.4 is 9.47 Å². The predicted octanol–water partition coefficient (Wildman–Crippen LogP) is 3.07. The number of aliphatic hydroxyl groups excluding tert-OH is 2. The van der Waals surface area contributed by atoms with Crippen LogP contribution in [0.4, 0.5) is 0 Å². The molecule has 0 amide bonds. The van der Waals surface area contributed by atoms with E-state index in [0.29, 0.717) is 75.8 Å². The summed E-state index contributed by atoms with van der Waals surface area (Å²) in [6, 6.07) is 10.7. The first-order valence-electron chi connectivity index (χ1n) is 14.4. The molecule has 11 heteroatoms. The molecule has 0 saturated carbocycles. The lowest BCUT2D eigenvalue weighted by Gasteiger charge is -2.22. The van der Waals surface area contributed by atoms with Gasteiger partial charge < -0.3 is 29.2 Å². The van der Waals surface area contributed by atoms with Gasteiger partial charge in [-0.15, -0.1) is 0 Å². The van der Waals surface area contributed by atoms with Gasteiger partial charge >= 0.3 is 11.9 Å². The third kappa shape index (κ3) is 7.73. The number of ether oxygens (including phenoxy) is 4. The minimum atomic E-state index is -0.540. The molecule has 2 aliphatic rings. The molecule has 2 heterocycles. The number of carbonyl (C=O) groups excluding carboxylic acids is 2. The summed E-state index contributed by atoms with van der Waals surface area (Å²) in [5.74, 6) is 0.661. The molecular formula is C31H41ClN2O8. The maximum Gasteiger partial charge on any atom is 0.323 e. The first-order valence-corrected chi connectivity index (χ1v) is 14.7. The van der Waals surface area contributed by atoms with Crippen LogP contribution in [0, 0.1) is 6.92 Å². The second-order valence-corrected chi connectivity index (χ2v) is 11.2. The summed E-state index contributed by atoms with van der Waals surface area (Å²) < 4.78 is 21.9. The van der Waals surface area contributed by atoms with Crippen molar-refractivity contribution in [2.24, 2.45) is 0 Å². The highest BCUT2D eigenvalue weighted by Crippen LogP contribution is 2.39. The SMILES string of the molecule is COC(=O)[C@@H]1C[C@@H](O)CN1CCCOc1cccc(-c2cccc(OCCCN3C[C@H](O)C[C@H]3C(=O)OC)c2Cl)c1C. The molecule has 2 saturated heterocycles. The number of nitrogens with zero attached hydrogens (tertiary/aromatic N) is 2. The third-order valence-corrected chi connectivity index (χ3v) is 8.33. The summed E-state index contributed by atoms with van der Waals surface area (Å²) in [4.78, 5) is 27.9. The topological polar surface area (TPSA) is 118 Å². The summed E-state index contributed by atoms with van der Waals surface area (Å²) in [5, 5.41) is 20.5. The number of esters is 2. The van der Waals surface area contributed by atoms with Crippen LogP contribution in [0.15, 0.2) is 36.4 Å². The summed E-state index contributed by atoms with van der Waals surface area (Å²) in [6.45, 7) is 4.92. The van der Waals surface area contributed by atoms with Crippen molar-refractivity contribution in [1.82, 2.24) is 9.80 Å². The minimum Gasteiger partial charge on any atom is -0.493 e. The van der Waals surface area contributed by atoms with E-state index in [2.05, 4.69) is 0 Å². The first-order chi connectivity index (χ1) is 20.2. The van der Waals surface area contributed by atoms with Gasteiger partial charge in [-0.2, -0.15) is 0 Å². The number of carbonyl (C=O) groups is 2. The number of likely N-dealkylation sites (tertiary alicyclic amines) is 2. The molecule has 0 bridgehead atoms. The Balaban J connectivity index is 1.32. The van der Waals surface area contributed by atoms with Gasteiger partial charge in [0, 0.05) is 44.6 Å². The van der Waals surface area contributed by atoms with Gasteiger partial charge in [-0.05, 0) is 43.0 Å². The smallest absolute Gasteiger partial charge is 0.323 e. The Labute approximate surface area is 252 Å². The van der Waals surface area contributed by atoms with E-state index < -0.39 is 24.3 Å². The lowest BCUT2D eigenvalue weighted by Crippen LogP contribution is -2.37. The van der Waals surface area contributed by atoms with Crippen molar-refractivity contribution in [3.63, 3.8) is 0 Å². The molecule has 2 aromatic carbocycles. The van der Waals surface area contributed by atoms with Crippen molar-refractivity contribution in [3.8, 4) is 22.6 Å². The van der Waals surface area contributed by atoms with E-state index >= 15 is 0 Å². The zero-order chi connectivity index (χ0) is 30.2. The van der Waals surface area contributed by atoms with Crippen LogP contribution in [0.5, 0.6) is 11.5 Å². The Morgan fingerprint density at radius 2 is 1.29 bits per heavy atom. The fraction of sp³-hybridized carbons (Fsp3) is 0.548. The number of halogens is 1. The number of rotatable bonds is 13. The summed E-state index contributed by atoms with van der Waals surface area (Å²) in [7, 11) is 2.72. The fourth-order valence-corrected chi connectivity index (χ4v) is 6.09. The van der Waals surface area contributed by atoms with Gasteiger partial charge in [-0.3, -0.25) is 19.4 Å². The van der Waals surface area contributed by atoms with Gasteiger partial charge in [0.1, 0.15) is 23.6 Å². The van der Waals surface area contributed by atoms with E-state index in [1.807, 2.05) is 53.1 Å². The number of aliphatic hydroxyl groups is 2. The molecule has 2 aliphatic heterocycles. The standard InChI is InChI=1S/C31H41ClN2O8/c1-20-23(8-4-10-27(20)41-14-6-12-33-18-21(35)16-25(33)30(37)39-2)24-9-5-11-28(29(24)32)42-15-7-13-34-19-22(36)17-26(34)31(38)40-3/h4-5,8-11,21-22,25-26,35-36H,6-7,12-19H2,1-3H3/t21-,22-,25+,26+/m1/s1. The van der Waals surface area contributed by atoms with E-state index in [0.717, 1.165) is 22.4 Å². The average Bonchev–Trinajstić information content (AvgIpc) is 3.55. The van der Waals surface area contributed by atoms with Crippen molar-refractivity contribution < 1.29 is 38.7 Å². The molecule has 2 N–H and O–H groups in total. The van der Waals surface area contributed by atoms with E-state index in [9.17, 15) is 19.8 Å². The average molecular weight is 605 g/mol. The minimum absolute atomic E-state index is 0.322. The van der Waals surface area contributed by atoms with Gasteiger partial charge in [0.15, 0.2) is 0 Å². The van der Waals surface area contributed by atoms with Crippen LogP contribution in [0.3, 0.4) is 0 Å². The summed E-state index contributed by atoms with van der Waals surface area (Å²) in [5.41, 5.74) is 2.71. The van der Waals surface area contributed by atoms with Crippen molar-refractivity contribution in [3.05, 3.63) is 47.0 Å². The van der Waals surface area contributed by atoms with E-state index in [4.69, 9.17) is 30.5 Å². The second-order valence-electron chi connectivity index (χ2n) is 10.8. The van der Waals surface area contributed by atoms with Crippen LogP contribution in [0.25, 0.3) is 11.1 Å². The van der Waals surface area contributed by atoms with Crippen LogP contribution in [-0.4, -0.2) is 110 Å². The molecular weight excluding hydrogens is 564 g/mol. The monoisotopic (exact) mass is 604 g/mol. The molecule has 10 nitrogen and oxygen atoms in total. The van der Waals surface area contributed by atoms with Gasteiger partial charge in [-0.1, -0.05) is 35.9 Å². The van der Waals surface area contributed by atoms with Crippen LogP contribution >= 0.6 is 11.6 Å². The lowest BCUT2D eigenvalue weighted by atomic mass is 9.99. The van der Waals surface area contributed by atoms with Gasteiger partial charge in [0.25, 0.3) is 0 Å². The van der Waals surface area contributed by atoms with Gasteiger partial charge in [-0.25, -0.2) is 0 Å². The number of β-amino-alcohol motifs (C(OH)–C–C–N with tert-alkyl or cyclic N) is 2. The van der Waals surface area contributed by atoms with Crippen molar-refractivity contribution in [2.75, 3.05) is 53.6 Å². The zero-order valence-corrected chi connectivity index (χ0v) is 25.2. The number of hydrogen-bond donors (Lipinski definition) is 2. The van der Waals surface area contributed by atoms with E-state index in [-0.39, 0.29) is 11.9 Å². The molecule has 230 valence electrons. The van der Waals surface area contributed by atoms with Crippen LogP contribution in [0.2, 0.25) is 5.02 Å². The van der Waals surface area contributed by atoms with Crippen molar-refractivity contribution in [2.45, 2.75) is 56.9 Å².